The Morgan fingerprint density at radius 3 is 2.74 bits per heavy atom. The molecule has 1 aromatic carbocycles. The maximum Gasteiger partial charge on any atom is 0.223 e. The van der Waals surface area contributed by atoms with E-state index in [1.54, 1.807) is 31.2 Å². The Balaban J connectivity index is 1.90. The molecule has 0 spiro atoms. The zero-order chi connectivity index (χ0) is 19.6. The monoisotopic (exact) mass is 379 g/mol. The molecule has 0 aromatic heterocycles. The van der Waals surface area contributed by atoms with Gasteiger partial charge in [-0.2, -0.15) is 0 Å². The van der Waals surface area contributed by atoms with E-state index in [-0.39, 0.29) is 36.0 Å². The molecule has 150 valence electrons. The summed E-state index contributed by atoms with van der Waals surface area (Å²) in [5.74, 6) is -0.641. The van der Waals surface area contributed by atoms with E-state index in [4.69, 9.17) is 4.74 Å². The van der Waals surface area contributed by atoms with Gasteiger partial charge in [0.1, 0.15) is 5.82 Å². The topological polar surface area (TPSA) is 70.7 Å². The summed E-state index contributed by atoms with van der Waals surface area (Å²) < 4.78 is 18.0. The van der Waals surface area contributed by atoms with Crippen molar-refractivity contribution >= 4 is 11.8 Å². The summed E-state index contributed by atoms with van der Waals surface area (Å²) in [6, 6.07) is 6.55. The quantitative estimate of drug-likeness (QED) is 0.708. The van der Waals surface area contributed by atoms with Gasteiger partial charge in [-0.1, -0.05) is 18.6 Å². The van der Waals surface area contributed by atoms with Crippen LogP contribution in [0.3, 0.4) is 0 Å². The maximum absolute atomic E-state index is 13.0. The molecule has 1 heterocycles. The maximum atomic E-state index is 13.0. The van der Waals surface area contributed by atoms with Crippen molar-refractivity contribution in [1.82, 2.24) is 15.5 Å². The molecule has 6 nitrogen and oxygen atoms in total. The van der Waals surface area contributed by atoms with Gasteiger partial charge in [-0.3, -0.25) is 9.59 Å². The van der Waals surface area contributed by atoms with Gasteiger partial charge in [0.2, 0.25) is 11.8 Å². The van der Waals surface area contributed by atoms with Crippen LogP contribution in [0.15, 0.2) is 24.3 Å². The molecule has 1 fully saturated rings. The van der Waals surface area contributed by atoms with Crippen molar-refractivity contribution in [1.29, 1.82) is 0 Å². The molecular weight excluding hydrogens is 349 g/mol. The van der Waals surface area contributed by atoms with Gasteiger partial charge in [0, 0.05) is 52.2 Å². The Kier molecular flexibility index (Phi) is 8.67. The summed E-state index contributed by atoms with van der Waals surface area (Å²) in [5, 5.41) is 6.30. The normalized spacial score (nSPS) is 21.3. The third kappa shape index (κ3) is 7.27. The Morgan fingerprint density at radius 1 is 1.30 bits per heavy atom. The van der Waals surface area contributed by atoms with Gasteiger partial charge >= 0.3 is 0 Å². The van der Waals surface area contributed by atoms with Crippen molar-refractivity contribution in [3.05, 3.63) is 35.6 Å². The van der Waals surface area contributed by atoms with Crippen molar-refractivity contribution < 1.29 is 18.7 Å². The number of hydrogen-bond acceptors (Lipinski definition) is 4. The lowest BCUT2D eigenvalue weighted by atomic mass is 9.96. The molecule has 1 saturated heterocycles. The minimum absolute atomic E-state index is 0.0163. The smallest absolute Gasteiger partial charge is 0.223 e. The minimum atomic E-state index is -0.298. The van der Waals surface area contributed by atoms with Gasteiger partial charge < -0.3 is 20.3 Å². The largest absolute Gasteiger partial charge is 0.383 e. The fourth-order valence-electron chi connectivity index (χ4n) is 3.28. The van der Waals surface area contributed by atoms with E-state index in [1.807, 2.05) is 0 Å². The van der Waals surface area contributed by atoms with Crippen molar-refractivity contribution in [2.75, 3.05) is 33.9 Å². The van der Waals surface area contributed by atoms with Crippen LogP contribution in [0.25, 0.3) is 0 Å². The standard InChI is InChI=1S/C20H30FN3O3/c1-24-14-18(23-13-15-6-8-17(21)9-7-15)5-3-4-16(12-19(24)25)20(26)22-10-11-27-2/h6-9,16,18,23H,3-5,10-14H2,1-2H3,(H,22,26). The number of carbonyl (C=O) groups excluding carboxylic acids is 2. The molecular formula is C20H30FN3O3. The second kappa shape index (κ2) is 11.0. The van der Waals surface area contributed by atoms with E-state index in [0.29, 0.717) is 32.7 Å². The Morgan fingerprint density at radius 2 is 2.04 bits per heavy atom. The lowest BCUT2D eigenvalue weighted by molar-refractivity contribution is -0.135. The van der Waals surface area contributed by atoms with E-state index < -0.39 is 0 Å². The number of rotatable bonds is 7. The fraction of sp³-hybridized carbons (Fsp3) is 0.600. The predicted molar refractivity (Wildman–Crippen MR) is 102 cm³/mol. The number of methoxy groups -OCH3 is 1. The number of nitrogens with zero attached hydrogens (tertiary/aromatic N) is 1. The molecule has 1 aliphatic rings. The SMILES string of the molecule is COCCNC(=O)C1CCCC(NCc2ccc(F)cc2)CN(C)C(=O)C1. The number of likely N-dealkylation sites (N-methyl/N-ethyl adjacent to an activating group) is 1. The Labute approximate surface area is 160 Å². The first-order valence-electron chi connectivity index (χ1n) is 9.48. The van der Waals surface area contributed by atoms with E-state index in [9.17, 15) is 14.0 Å². The van der Waals surface area contributed by atoms with Crippen molar-refractivity contribution in [3.8, 4) is 0 Å². The number of amides is 2. The molecule has 0 radical (unpaired) electrons. The zero-order valence-electron chi connectivity index (χ0n) is 16.2. The fourth-order valence-corrected chi connectivity index (χ4v) is 3.28. The Bertz CT molecular complexity index is 609. The summed E-state index contributed by atoms with van der Waals surface area (Å²) in [5.41, 5.74) is 1.00. The van der Waals surface area contributed by atoms with Gasteiger partial charge in [-0.05, 0) is 30.5 Å². The molecule has 2 atom stereocenters. The lowest BCUT2D eigenvalue weighted by Crippen LogP contribution is -2.42. The highest BCUT2D eigenvalue weighted by Crippen LogP contribution is 2.19. The van der Waals surface area contributed by atoms with Crippen LogP contribution >= 0.6 is 0 Å². The molecule has 2 unspecified atom stereocenters. The predicted octanol–water partition coefficient (Wildman–Crippen LogP) is 1.70. The van der Waals surface area contributed by atoms with Gasteiger partial charge in [-0.15, -0.1) is 0 Å². The average Bonchev–Trinajstić information content (AvgIpc) is 2.72. The average molecular weight is 379 g/mol. The van der Waals surface area contributed by atoms with Crippen molar-refractivity contribution in [2.24, 2.45) is 5.92 Å². The van der Waals surface area contributed by atoms with Gasteiger partial charge in [-0.25, -0.2) is 4.39 Å². The molecule has 1 aliphatic heterocycles. The molecule has 2 N–H and O–H groups in total. The number of carbonyl (C=O) groups is 2. The Hall–Kier alpha value is -1.99. The molecule has 7 heteroatoms. The van der Waals surface area contributed by atoms with Crippen LogP contribution in [0.5, 0.6) is 0 Å². The zero-order valence-corrected chi connectivity index (χ0v) is 16.2. The van der Waals surface area contributed by atoms with Crippen LogP contribution < -0.4 is 10.6 Å². The summed E-state index contributed by atoms with van der Waals surface area (Å²) >= 11 is 0. The molecule has 2 amide bonds. The van der Waals surface area contributed by atoms with Gasteiger partial charge in [0.25, 0.3) is 0 Å². The highest BCUT2D eigenvalue weighted by atomic mass is 19.1. The van der Waals surface area contributed by atoms with Crippen LogP contribution in [0.4, 0.5) is 4.39 Å². The highest BCUT2D eigenvalue weighted by molar-refractivity contribution is 5.85. The molecule has 0 aliphatic carbocycles. The van der Waals surface area contributed by atoms with Crippen molar-refractivity contribution in [2.45, 2.75) is 38.3 Å². The lowest BCUT2D eigenvalue weighted by Gasteiger charge is -2.24. The first-order chi connectivity index (χ1) is 13.0. The molecule has 1 aromatic rings. The number of nitrogens with one attached hydrogen (secondary N) is 2. The third-order valence-electron chi connectivity index (χ3n) is 4.93. The number of hydrogen-bond donors (Lipinski definition) is 2. The summed E-state index contributed by atoms with van der Waals surface area (Å²) in [6.45, 7) is 2.13. The second-order valence-electron chi connectivity index (χ2n) is 7.09. The van der Waals surface area contributed by atoms with Crippen LogP contribution in [-0.2, 0) is 20.9 Å². The van der Waals surface area contributed by atoms with Gasteiger partial charge in [0.15, 0.2) is 0 Å². The molecule has 27 heavy (non-hydrogen) atoms. The van der Waals surface area contributed by atoms with E-state index in [1.165, 1.54) is 12.1 Å². The number of ether oxygens (including phenoxy) is 1. The third-order valence-corrected chi connectivity index (χ3v) is 4.93. The van der Waals surface area contributed by atoms with E-state index >= 15 is 0 Å². The van der Waals surface area contributed by atoms with Crippen LogP contribution in [0.1, 0.15) is 31.2 Å². The van der Waals surface area contributed by atoms with Crippen LogP contribution in [0.2, 0.25) is 0 Å². The number of halogens is 1. The molecule has 0 bridgehead atoms. The molecule has 2 rings (SSSR count). The number of benzene rings is 1. The van der Waals surface area contributed by atoms with E-state index in [0.717, 1.165) is 18.4 Å². The van der Waals surface area contributed by atoms with E-state index in [2.05, 4.69) is 10.6 Å². The highest BCUT2D eigenvalue weighted by Gasteiger charge is 2.26. The minimum Gasteiger partial charge on any atom is -0.383 e. The van der Waals surface area contributed by atoms with Crippen molar-refractivity contribution in [3.63, 3.8) is 0 Å². The first kappa shape index (κ1) is 21.3. The summed E-state index contributed by atoms with van der Waals surface area (Å²) in [4.78, 5) is 26.5. The summed E-state index contributed by atoms with van der Waals surface area (Å²) in [7, 11) is 3.36. The van der Waals surface area contributed by atoms with Gasteiger partial charge in [0.05, 0.1) is 6.61 Å². The molecule has 0 saturated carbocycles. The van der Waals surface area contributed by atoms with Crippen LogP contribution in [-0.4, -0.2) is 56.6 Å². The summed E-state index contributed by atoms with van der Waals surface area (Å²) in [6.07, 6.45) is 2.67. The first-order valence-corrected chi connectivity index (χ1v) is 9.48. The second-order valence-corrected chi connectivity index (χ2v) is 7.09. The van der Waals surface area contributed by atoms with Crippen LogP contribution in [0, 0.1) is 11.7 Å².